The summed E-state index contributed by atoms with van der Waals surface area (Å²) in [5.74, 6) is 1.21. The van der Waals surface area contributed by atoms with Crippen molar-refractivity contribution in [1.82, 2.24) is 14.9 Å². The molecule has 4 nitrogen and oxygen atoms in total. The van der Waals surface area contributed by atoms with Crippen molar-refractivity contribution in [1.29, 1.82) is 0 Å². The third-order valence-corrected chi connectivity index (χ3v) is 5.52. The number of fused-ring (bicyclic) bond motifs is 1. The van der Waals surface area contributed by atoms with Gasteiger partial charge in [0.25, 0.3) is 0 Å². The number of unbranched alkanes of at least 4 members (excludes halogenated alkanes) is 5. The van der Waals surface area contributed by atoms with Gasteiger partial charge < -0.3 is 9.88 Å². The number of nitrogens with one attached hydrogen (secondary N) is 1. The summed E-state index contributed by atoms with van der Waals surface area (Å²) >= 11 is 0. The van der Waals surface area contributed by atoms with E-state index in [9.17, 15) is 4.79 Å². The Balaban J connectivity index is 2.11. The highest BCUT2D eigenvalue weighted by atomic mass is 16.1. The lowest BCUT2D eigenvalue weighted by molar-refractivity contribution is -0.125. The van der Waals surface area contributed by atoms with Crippen molar-refractivity contribution in [2.45, 2.75) is 91.6 Å². The lowest BCUT2D eigenvalue weighted by Crippen LogP contribution is -2.33. The first kappa shape index (κ1) is 21.5. The lowest BCUT2D eigenvalue weighted by Gasteiger charge is -2.19. The molecule has 0 aliphatic rings. The third kappa shape index (κ3) is 5.82. The molecule has 0 spiro atoms. The molecule has 1 aromatic heterocycles. The molecule has 1 heterocycles. The Labute approximate surface area is 164 Å². The molecule has 1 atom stereocenters. The van der Waals surface area contributed by atoms with Crippen molar-refractivity contribution < 1.29 is 4.79 Å². The number of carbonyl (C=O) groups is 1. The van der Waals surface area contributed by atoms with Gasteiger partial charge in [-0.3, -0.25) is 4.79 Å². The number of amides is 1. The molecule has 0 saturated heterocycles. The molecular weight excluding hydrogens is 334 g/mol. The number of carbonyl (C=O) groups excluding carboxylic acids is 1. The van der Waals surface area contributed by atoms with Crippen LogP contribution in [0, 0.1) is 5.92 Å². The van der Waals surface area contributed by atoms with Crippen LogP contribution in [0.15, 0.2) is 24.3 Å². The Morgan fingerprint density at radius 3 is 2.41 bits per heavy atom. The normalized spacial score (nSPS) is 12.6. The summed E-state index contributed by atoms with van der Waals surface area (Å²) in [6.07, 6.45) is 9.41. The van der Waals surface area contributed by atoms with Crippen molar-refractivity contribution >= 4 is 16.9 Å². The van der Waals surface area contributed by atoms with Crippen LogP contribution in [0.1, 0.15) is 90.9 Å². The SMILES string of the molecule is CCCCCCCCn1c(C(C)NC(=O)C(CC)CC)nc2ccccc21. The van der Waals surface area contributed by atoms with Gasteiger partial charge in [0, 0.05) is 12.5 Å². The van der Waals surface area contributed by atoms with Gasteiger partial charge in [-0.15, -0.1) is 0 Å². The molecular formula is C23H37N3O. The molecule has 2 aromatic rings. The fourth-order valence-corrected chi connectivity index (χ4v) is 3.77. The van der Waals surface area contributed by atoms with Gasteiger partial charge in [-0.1, -0.05) is 65.0 Å². The van der Waals surface area contributed by atoms with Gasteiger partial charge in [0.05, 0.1) is 17.1 Å². The minimum Gasteiger partial charge on any atom is -0.346 e. The quantitative estimate of drug-likeness (QED) is 0.464. The zero-order valence-corrected chi connectivity index (χ0v) is 17.6. The second kappa shape index (κ2) is 11.1. The molecule has 1 N–H and O–H groups in total. The number of rotatable bonds is 12. The van der Waals surface area contributed by atoms with E-state index < -0.39 is 0 Å². The van der Waals surface area contributed by atoms with E-state index in [1.165, 1.54) is 37.6 Å². The van der Waals surface area contributed by atoms with E-state index in [1.807, 2.05) is 6.07 Å². The first-order valence-corrected chi connectivity index (χ1v) is 10.9. The number of aryl methyl sites for hydroxylation is 1. The summed E-state index contributed by atoms with van der Waals surface area (Å²) in [4.78, 5) is 17.4. The highest BCUT2D eigenvalue weighted by Crippen LogP contribution is 2.22. The molecule has 27 heavy (non-hydrogen) atoms. The van der Waals surface area contributed by atoms with E-state index in [0.29, 0.717) is 0 Å². The second-order valence-corrected chi connectivity index (χ2v) is 7.62. The maximum Gasteiger partial charge on any atom is 0.223 e. The third-order valence-electron chi connectivity index (χ3n) is 5.52. The minimum atomic E-state index is -0.0782. The number of nitrogens with zero attached hydrogens (tertiary/aromatic N) is 2. The van der Waals surface area contributed by atoms with E-state index in [2.05, 4.69) is 55.8 Å². The first-order valence-electron chi connectivity index (χ1n) is 10.9. The molecule has 0 fully saturated rings. The maximum absolute atomic E-state index is 12.5. The fraction of sp³-hybridized carbons (Fsp3) is 0.652. The Kier molecular flexibility index (Phi) is 8.83. The predicted octanol–water partition coefficient (Wildman–Crippen LogP) is 6.01. The number of benzene rings is 1. The Bertz CT molecular complexity index is 703. The van der Waals surface area contributed by atoms with Crippen LogP contribution in [-0.2, 0) is 11.3 Å². The van der Waals surface area contributed by atoms with E-state index in [-0.39, 0.29) is 17.9 Å². The van der Waals surface area contributed by atoms with Gasteiger partial charge in [0.1, 0.15) is 5.82 Å². The van der Waals surface area contributed by atoms with Crippen LogP contribution < -0.4 is 5.32 Å². The highest BCUT2D eigenvalue weighted by molar-refractivity contribution is 5.79. The van der Waals surface area contributed by atoms with Crippen molar-refractivity contribution in [3.05, 3.63) is 30.1 Å². The van der Waals surface area contributed by atoms with Crippen LogP contribution >= 0.6 is 0 Å². The van der Waals surface area contributed by atoms with Crippen molar-refractivity contribution in [2.24, 2.45) is 5.92 Å². The molecule has 150 valence electrons. The summed E-state index contributed by atoms with van der Waals surface area (Å²) in [6, 6.07) is 8.22. The monoisotopic (exact) mass is 371 g/mol. The molecule has 1 unspecified atom stereocenters. The molecule has 0 bridgehead atoms. The van der Waals surface area contributed by atoms with Gasteiger partial charge >= 0.3 is 0 Å². The molecule has 0 radical (unpaired) electrons. The van der Waals surface area contributed by atoms with Gasteiger partial charge in [-0.25, -0.2) is 4.98 Å². The summed E-state index contributed by atoms with van der Waals surface area (Å²) in [5, 5.41) is 3.20. The number of hydrogen-bond donors (Lipinski definition) is 1. The van der Waals surface area contributed by atoms with Crippen LogP contribution in [0.4, 0.5) is 0 Å². The van der Waals surface area contributed by atoms with Crippen LogP contribution in [0.3, 0.4) is 0 Å². The van der Waals surface area contributed by atoms with Crippen molar-refractivity contribution in [3.63, 3.8) is 0 Å². The first-order chi connectivity index (χ1) is 13.1. The van der Waals surface area contributed by atoms with Crippen LogP contribution in [0.25, 0.3) is 11.0 Å². The van der Waals surface area contributed by atoms with Crippen molar-refractivity contribution in [3.8, 4) is 0 Å². The summed E-state index contributed by atoms with van der Waals surface area (Å²) < 4.78 is 2.31. The topological polar surface area (TPSA) is 46.9 Å². The maximum atomic E-state index is 12.5. The van der Waals surface area contributed by atoms with Gasteiger partial charge in [0.15, 0.2) is 0 Å². The summed E-state index contributed by atoms with van der Waals surface area (Å²) in [5.41, 5.74) is 2.19. The van der Waals surface area contributed by atoms with Gasteiger partial charge in [-0.05, 0) is 38.3 Å². The Morgan fingerprint density at radius 1 is 1.04 bits per heavy atom. The second-order valence-electron chi connectivity index (χ2n) is 7.62. The minimum absolute atomic E-state index is 0.0782. The largest absolute Gasteiger partial charge is 0.346 e. The average Bonchev–Trinajstić information content (AvgIpc) is 3.04. The number of hydrogen-bond acceptors (Lipinski definition) is 2. The van der Waals surface area contributed by atoms with Crippen LogP contribution in [-0.4, -0.2) is 15.5 Å². The van der Waals surface area contributed by atoms with E-state index in [4.69, 9.17) is 4.98 Å². The number of para-hydroxylation sites is 2. The molecule has 2 rings (SSSR count). The van der Waals surface area contributed by atoms with Gasteiger partial charge in [-0.2, -0.15) is 0 Å². The lowest BCUT2D eigenvalue weighted by atomic mass is 10.0. The average molecular weight is 372 g/mol. The predicted molar refractivity (Wildman–Crippen MR) is 114 cm³/mol. The fourth-order valence-electron chi connectivity index (χ4n) is 3.77. The Morgan fingerprint density at radius 2 is 1.70 bits per heavy atom. The highest BCUT2D eigenvalue weighted by Gasteiger charge is 2.21. The van der Waals surface area contributed by atoms with Gasteiger partial charge in [0.2, 0.25) is 5.91 Å². The standard InChI is InChI=1S/C23H37N3O/c1-5-8-9-10-11-14-17-26-21-16-13-12-15-20(21)25-22(26)18(4)24-23(27)19(6-2)7-3/h12-13,15-16,18-19H,5-11,14,17H2,1-4H3,(H,24,27). The van der Waals surface area contributed by atoms with Crippen LogP contribution in [0.5, 0.6) is 0 Å². The smallest absolute Gasteiger partial charge is 0.223 e. The molecule has 4 heteroatoms. The number of imidazole rings is 1. The molecule has 0 aliphatic heterocycles. The number of aromatic nitrogens is 2. The summed E-state index contributed by atoms with van der Waals surface area (Å²) in [7, 11) is 0. The van der Waals surface area contributed by atoms with Crippen LogP contribution in [0.2, 0.25) is 0 Å². The zero-order chi connectivity index (χ0) is 19.6. The van der Waals surface area contributed by atoms with Crippen molar-refractivity contribution in [2.75, 3.05) is 0 Å². The summed E-state index contributed by atoms with van der Waals surface area (Å²) in [6.45, 7) is 9.42. The van der Waals surface area contributed by atoms with E-state index in [1.54, 1.807) is 0 Å². The molecule has 1 amide bonds. The molecule has 0 saturated carbocycles. The van der Waals surface area contributed by atoms with E-state index in [0.717, 1.165) is 37.1 Å². The Hall–Kier alpha value is -1.84. The zero-order valence-electron chi connectivity index (χ0n) is 17.6. The van der Waals surface area contributed by atoms with E-state index >= 15 is 0 Å². The molecule has 1 aromatic carbocycles. The molecule has 0 aliphatic carbocycles.